The molecule has 0 aliphatic carbocycles. The Balaban J connectivity index is 1.61. The number of piperidine rings is 1. The number of hydrogen-bond acceptors (Lipinski definition) is 6. The summed E-state index contributed by atoms with van der Waals surface area (Å²) in [6.45, 7) is 4.40. The van der Waals surface area contributed by atoms with Gasteiger partial charge in [-0.05, 0) is 60.7 Å². The van der Waals surface area contributed by atoms with Crippen molar-refractivity contribution in [2.24, 2.45) is 11.8 Å². The highest BCUT2D eigenvalue weighted by Crippen LogP contribution is 2.27. The van der Waals surface area contributed by atoms with Crippen LogP contribution in [0, 0.1) is 23.2 Å². The minimum Gasteiger partial charge on any atom is -0.452 e. The van der Waals surface area contributed by atoms with Gasteiger partial charge in [0.15, 0.2) is 6.61 Å². The number of anilines is 1. The summed E-state index contributed by atoms with van der Waals surface area (Å²) in [7, 11) is -3.66. The third-order valence-corrected chi connectivity index (χ3v) is 7.35. The van der Waals surface area contributed by atoms with Gasteiger partial charge in [-0.25, -0.2) is 13.2 Å². The molecule has 10 heteroatoms. The summed E-state index contributed by atoms with van der Waals surface area (Å²) in [5.41, 5.74) is 0.540. The number of rotatable bonds is 6. The van der Waals surface area contributed by atoms with Crippen molar-refractivity contribution >= 4 is 39.2 Å². The molecule has 33 heavy (non-hydrogen) atoms. The summed E-state index contributed by atoms with van der Waals surface area (Å²) < 4.78 is 32.4. The molecule has 0 saturated carbocycles. The number of nitrogens with zero attached hydrogens (tertiary/aromatic N) is 2. The van der Waals surface area contributed by atoms with Gasteiger partial charge in [-0.3, -0.25) is 4.79 Å². The number of nitrogens with one attached hydrogen (secondary N) is 1. The standard InChI is InChI=1S/C23H24ClN3O5S/c1-15-9-16(2)13-27(12-15)33(30,31)20-7-4-17(5-8-20)23(29)32-14-22(28)26-21-10-19(24)6-3-18(21)11-25/h3-8,10,15-16H,9,12-14H2,1-2H3,(H,26,28)/t15-,16-/m0/s1. The Morgan fingerprint density at radius 1 is 1.15 bits per heavy atom. The maximum absolute atomic E-state index is 12.9. The lowest BCUT2D eigenvalue weighted by molar-refractivity contribution is -0.119. The highest BCUT2D eigenvalue weighted by Gasteiger charge is 2.31. The van der Waals surface area contributed by atoms with E-state index in [2.05, 4.69) is 5.32 Å². The molecule has 0 spiro atoms. The molecule has 1 saturated heterocycles. The highest BCUT2D eigenvalue weighted by atomic mass is 35.5. The number of hydrogen-bond donors (Lipinski definition) is 1. The first kappa shape index (κ1) is 24.7. The van der Waals surface area contributed by atoms with Crippen molar-refractivity contribution in [2.75, 3.05) is 25.0 Å². The largest absolute Gasteiger partial charge is 0.452 e. The summed E-state index contributed by atoms with van der Waals surface area (Å²) in [5.74, 6) is -0.865. The molecule has 1 N–H and O–H groups in total. The maximum atomic E-state index is 12.9. The number of amides is 1. The summed E-state index contributed by atoms with van der Waals surface area (Å²) >= 11 is 5.88. The predicted octanol–water partition coefficient (Wildman–Crippen LogP) is 3.67. The van der Waals surface area contributed by atoms with E-state index in [1.54, 1.807) is 0 Å². The van der Waals surface area contributed by atoms with Crippen molar-refractivity contribution in [3.05, 3.63) is 58.6 Å². The van der Waals surface area contributed by atoms with E-state index < -0.39 is 28.5 Å². The SMILES string of the molecule is C[C@H]1C[C@H](C)CN(S(=O)(=O)c2ccc(C(=O)OCC(=O)Nc3cc(Cl)ccc3C#N)cc2)C1. The van der Waals surface area contributed by atoms with E-state index >= 15 is 0 Å². The van der Waals surface area contributed by atoms with Crippen LogP contribution in [0.15, 0.2) is 47.4 Å². The van der Waals surface area contributed by atoms with E-state index in [0.29, 0.717) is 18.1 Å². The fraction of sp³-hybridized carbons (Fsp3) is 0.348. The molecule has 2 aromatic carbocycles. The van der Waals surface area contributed by atoms with E-state index in [1.807, 2.05) is 19.9 Å². The molecule has 1 aliphatic heterocycles. The number of sulfonamides is 1. The number of ether oxygens (including phenoxy) is 1. The molecule has 174 valence electrons. The molecule has 0 radical (unpaired) electrons. The van der Waals surface area contributed by atoms with Crippen molar-refractivity contribution in [1.82, 2.24) is 4.31 Å². The van der Waals surface area contributed by atoms with Crippen molar-refractivity contribution in [1.29, 1.82) is 5.26 Å². The number of halogens is 1. The maximum Gasteiger partial charge on any atom is 0.338 e. The molecule has 1 amide bonds. The van der Waals surface area contributed by atoms with Crippen molar-refractivity contribution in [3.63, 3.8) is 0 Å². The number of carbonyl (C=O) groups excluding carboxylic acids is 2. The van der Waals surface area contributed by atoms with Crippen LogP contribution >= 0.6 is 11.6 Å². The van der Waals surface area contributed by atoms with E-state index in [0.717, 1.165) is 6.42 Å². The number of esters is 1. The minimum absolute atomic E-state index is 0.100. The van der Waals surface area contributed by atoms with Crippen LogP contribution in [0.1, 0.15) is 36.2 Å². The van der Waals surface area contributed by atoms with Crippen LogP contribution in [0.3, 0.4) is 0 Å². The third kappa shape index (κ3) is 6.11. The minimum atomic E-state index is -3.66. The Morgan fingerprint density at radius 2 is 1.79 bits per heavy atom. The Labute approximate surface area is 198 Å². The average Bonchev–Trinajstić information content (AvgIpc) is 2.77. The molecular formula is C23H24ClN3O5S. The lowest BCUT2D eigenvalue weighted by Gasteiger charge is -2.34. The Bertz CT molecular complexity index is 1180. The van der Waals surface area contributed by atoms with Crippen LogP contribution < -0.4 is 5.32 Å². The van der Waals surface area contributed by atoms with E-state index in [1.165, 1.54) is 46.8 Å². The molecule has 1 heterocycles. The molecular weight excluding hydrogens is 466 g/mol. The van der Waals surface area contributed by atoms with Gasteiger partial charge in [0.25, 0.3) is 5.91 Å². The number of carbonyl (C=O) groups is 2. The van der Waals surface area contributed by atoms with Gasteiger partial charge in [-0.2, -0.15) is 9.57 Å². The second-order valence-corrected chi connectivity index (χ2v) is 10.6. The van der Waals surface area contributed by atoms with Crippen molar-refractivity contribution in [2.45, 2.75) is 25.2 Å². The fourth-order valence-corrected chi connectivity index (χ4v) is 5.68. The van der Waals surface area contributed by atoms with Crippen LogP contribution in [0.5, 0.6) is 0 Å². The van der Waals surface area contributed by atoms with Crippen LogP contribution in [0.4, 0.5) is 5.69 Å². The van der Waals surface area contributed by atoms with Gasteiger partial charge in [0.2, 0.25) is 10.0 Å². The number of benzene rings is 2. The Kier molecular flexibility index (Phi) is 7.74. The van der Waals surface area contributed by atoms with Gasteiger partial charge < -0.3 is 10.1 Å². The lowest BCUT2D eigenvalue weighted by Crippen LogP contribution is -2.42. The van der Waals surface area contributed by atoms with Gasteiger partial charge in [0, 0.05) is 18.1 Å². The van der Waals surface area contributed by atoms with Gasteiger partial charge in [-0.15, -0.1) is 0 Å². The average molecular weight is 490 g/mol. The molecule has 0 aromatic heterocycles. The first-order chi connectivity index (χ1) is 15.6. The quantitative estimate of drug-likeness (QED) is 0.619. The molecule has 3 rings (SSSR count). The second kappa shape index (κ2) is 10.3. The first-order valence-electron chi connectivity index (χ1n) is 10.4. The fourth-order valence-electron chi connectivity index (χ4n) is 3.83. The summed E-state index contributed by atoms with van der Waals surface area (Å²) in [4.78, 5) is 24.5. The van der Waals surface area contributed by atoms with Gasteiger partial charge in [0.05, 0.1) is 21.7 Å². The van der Waals surface area contributed by atoms with Crippen molar-refractivity contribution in [3.8, 4) is 6.07 Å². The van der Waals surface area contributed by atoms with Crippen LogP contribution in [0.25, 0.3) is 0 Å². The van der Waals surface area contributed by atoms with Gasteiger partial charge in [0.1, 0.15) is 6.07 Å². The normalized spacial score (nSPS) is 18.8. The first-order valence-corrected chi connectivity index (χ1v) is 12.2. The summed E-state index contributed by atoms with van der Waals surface area (Å²) in [5, 5.41) is 11.9. The lowest BCUT2D eigenvalue weighted by atomic mass is 9.94. The summed E-state index contributed by atoms with van der Waals surface area (Å²) in [6, 6.07) is 11.8. The van der Waals surface area contributed by atoms with Crippen LogP contribution in [-0.4, -0.2) is 44.3 Å². The zero-order valence-electron chi connectivity index (χ0n) is 18.2. The monoisotopic (exact) mass is 489 g/mol. The molecule has 0 unspecified atom stereocenters. The van der Waals surface area contributed by atoms with Gasteiger partial charge >= 0.3 is 5.97 Å². The molecule has 1 fully saturated rings. The molecule has 2 atom stereocenters. The van der Waals surface area contributed by atoms with Crippen LogP contribution in [-0.2, 0) is 19.6 Å². The second-order valence-electron chi connectivity index (χ2n) is 8.22. The molecule has 1 aliphatic rings. The Hall–Kier alpha value is -2.93. The molecule has 2 aromatic rings. The number of nitriles is 1. The smallest absolute Gasteiger partial charge is 0.338 e. The van der Waals surface area contributed by atoms with E-state index in [-0.39, 0.29) is 33.5 Å². The predicted molar refractivity (Wildman–Crippen MR) is 123 cm³/mol. The zero-order chi connectivity index (χ0) is 24.2. The van der Waals surface area contributed by atoms with Crippen molar-refractivity contribution < 1.29 is 22.7 Å². The molecule has 0 bridgehead atoms. The zero-order valence-corrected chi connectivity index (χ0v) is 19.8. The topological polar surface area (TPSA) is 117 Å². The Morgan fingerprint density at radius 3 is 2.39 bits per heavy atom. The van der Waals surface area contributed by atoms with E-state index in [4.69, 9.17) is 21.6 Å². The van der Waals surface area contributed by atoms with E-state index in [9.17, 15) is 18.0 Å². The summed E-state index contributed by atoms with van der Waals surface area (Å²) in [6.07, 6.45) is 0.986. The molecule has 8 nitrogen and oxygen atoms in total. The third-order valence-electron chi connectivity index (χ3n) is 5.27. The van der Waals surface area contributed by atoms with Crippen LogP contribution in [0.2, 0.25) is 5.02 Å². The highest BCUT2D eigenvalue weighted by molar-refractivity contribution is 7.89. The van der Waals surface area contributed by atoms with Gasteiger partial charge in [-0.1, -0.05) is 25.4 Å².